The first-order valence-electron chi connectivity index (χ1n) is 5.67. The molecule has 1 N–H and O–H groups in total. The molecule has 1 rings (SSSR count). The molecule has 0 aromatic carbocycles. The Kier molecular flexibility index (Phi) is 3.99. The molecule has 0 atom stereocenters. The highest BCUT2D eigenvalue weighted by atomic mass is 32.2. The number of carbonyl (C=O) groups is 1. The summed E-state index contributed by atoms with van der Waals surface area (Å²) in [5.41, 5.74) is -1.18. The maximum absolute atomic E-state index is 11.8. The standard InChI is InChI=1S/C11H20O4S/c1-11(2,10(12)13)8-16(14,15)7-9-5-3-4-6-9/h9H,3-8H2,1-2H3,(H,12,13). The van der Waals surface area contributed by atoms with E-state index >= 15 is 0 Å². The average molecular weight is 248 g/mol. The number of hydrogen-bond acceptors (Lipinski definition) is 3. The van der Waals surface area contributed by atoms with Crippen molar-refractivity contribution in [3.63, 3.8) is 0 Å². The summed E-state index contributed by atoms with van der Waals surface area (Å²) in [6.07, 6.45) is 4.13. The first-order valence-corrected chi connectivity index (χ1v) is 7.49. The SMILES string of the molecule is CC(C)(CS(=O)(=O)CC1CCCC1)C(=O)O. The van der Waals surface area contributed by atoms with E-state index < -0.39 is 21.2 Å². The first kappa shape index (κ1) is 13.5. The molecule has 0 aromatic heterocycles. The maximum Gasteiger partial charge on any atom is 0.310 e. The minimum absolute atomic E-state index is 0.156. The molecule has 0 spiro atoms. The quantitative estimate of drug-likeness (QED) is 0.804. The molecule has 0 aliphatic heterocycles. The molecule has 0 unspecified atom stereocenters. The highest BCUT2D eigenvalue weighted by molar-refractivity contribution is 7.91. The maximum atomic E-state index is 11.8. The molecule has 5 heteroatoms. The van der Waals surface area contributed by atoms with Crippen LogP contribution in [0, 0.1) is 11.3 Å². The van der Waals surface area contributed by atoms with Crippen LogP contribution in [0.5, 0.6) is 0 Å². The molecule has 1 fully saturated rings. The van der Waals surface area contributed by atoms with Crippen molar-refractivity contribution in [1.29, 1.82) is 0 Å². The molecule has 16 heavy (non-hydrogen) atoms. The first-order chi connectivity index (χ1) is 7.23. The van der Waals surface area contributed by atoms with E-state index in [4.69, 9.17) is 5.11 Å². The number of carboxylic acid groups (broad SMARTS) is 1. The van der Waals surface area contributed by atoms with Gasteiger partial charge in [0, 0.05) is 0 Å². The van der Waals surface area contributed by atoms with Crippen LogP contribution >= 0.6 is 0 Å². The Bertz CT molecular complexity index is 350. The Morgan fingerprint density at radius 3 is 2.25 bits per heavy atom. The third kappa shape index (κ3) is 3.77. The zero-order valence-corrected chi connectivity index (χ0v) is 10.7. The van der Waals surface area contributed by atoms with Gasteiger partial charge in [-0.1, -0.05) is 12.8 Å². The fourth-order valence-electron chi connectivity index (χ4n) is 2.21. The van der Waals surface area contributed by atoms with Crippen LogP contribution in [0.4, 0.5) is 0 Å². The second kappa shape index (κ2) is 4.73. The van der Waals surface area contributed by atoms with Gasteiger partial charge in [-0.3, -0.25) is 4.79 Å². The van der Waals surface area contributed by atoms with Gasteiger partial charge in [0.05, 0.1) is 16.9 Å². The molecule has 94 valence electrons. The van der Waals surface area contributed by atoms with E-state index in [1.807, 2.05) is 0 Å². The molecule has 0 heterocycles. The zero-order valence-electron chi connectivity index (χ0n) is 9.90. The van der Waals surface area contributed by atoms with Gasteiger partial charge in [-0.2, -0.15) is 0 Å². The molecule has 0 saturated heterocycles. The summed E-state index contributed by atoms with van der Waals surface area (Å²) in [5, 5.41) is 8.90. The van der Waals surface area contributed by atoms with Crippen LogP contribution in [-0.2, 0) is 14.6 Å². The topological polar surface area (TPSA) is 71.4 Å². The Hall–Kier alpha value is -0.580. The lowest BCUT2D eigenvalue weighted by Crippen LogP contribution is -2.34. The van der Waals surface area contributed by atoms with Crippen LogP contribution in [0.1, 0.15) is 39.5 Å². The molecule has 1 aliphatic carbocycles. The van der Waals surface area contributed by atoms with E-state index in [0.29, 0.717) is 0 Å². The van der Waals surface area contributed by atoms with Gasteiger partial charge in [-0.25, -0.2) is 8.42 Å². The predicted molar refractivity (Wildman–Crippen MR) is 62.0 cm³/mol. The fourth-order valence-corrected chi connectivity index (χ4v) is 4.60. The van der Waals surface area contributed by atoms with Crippen LogP contribution in [-0.4, -0.2) is 31.0 Å². The van der Waals surface area contributed by atoms with Crippen molar-refractivity contribution in [1.82, 2.24) is 0 Å². The molecular weight excluding hydrogens is 228 g/mol. The molecule has 0 radical (unpaired) electrons. The largest absolute Gasteiger partial charge is 0.481 e. The summed E-state index contributed by atoms with van der Waals surface area (Å²) in [6.45, 7) is 2.92. The van der Waals surface area contributed by atoms with Gasteiger partial charge in [0.15, 0.2) is 9.84 Å². The Labute approximate surface area is 97.0 Å². The molecule has 1 saturated carbocycles. The van der Waals surface area contributed by atoms with Crippen molar-refractivity contribution < 1.29 is 18.3 Å². The lowest BCUT2D eigenvalue weighted by molar-refractivity contribution is -0.145. The van der Waals surface area contributed by atoms with E-state index in [1.54, 1.807) is 0 Å². The van der Waals surface area contributed by atoms with E-state index in [-0.39, 0.29) is 17.4 Å². The van der Waals surface area contributed by atoms with Crippen LogP contribution in [0.25, 0.3) is 0 Å². The summed E-state index contributed by atoms with van der Waals surface area (Å²) in [4.78, 5) is 10.9. The summed E-state index contributed by atoms with van der Waals surface area (Å²) in [6, 6.07) is 0. The van der Waals surface area contributed by atoms with Gasteiger partial charge in [-0.15, -0.1) is 0 Å². The normalized spacial score (nSPS) is 18.9. The molecule has 0 bridgehead atoms. The van der Waals surface area contributed by atoms with E-state index in [9.17, 15) is 13.2 Å². The molecular formula is C11H20O4S. The van der Waals surface area contributed by atoms with Gasteiger partial charge in [0.25, 0.3) is 0 Å². The third-order valence-corrected chi connectivity index (χ3v) is 5.26. The molecule has 1 aliphatic rings. The van der Waals surface area contributed by atoms with Gasteiger partial charge in [0.1, 0.15) is 0 Å². The van der Waals surface area contributed by atoms with Crippen LogP contribution in [0.15, 0.2) is 0 Å². The van der Waals surface area contributed by atoms with Gasteiger partial charge in [-0.05, 0) is 32.6 Å². The van der Waals surface area contributed by atoms with Crippen LogP contribution in [0.2, 0.25) is 0 Å². The number of carboxylic acids is 1. The van der Waals surface area contributed by atoms with Crippen molar-refractivity contribution in [3.8, 4) is 0 Å². The molecule has 0 amide bonds. The Morgan fingerprint density at radius 1 is 1.31 bits per heavy atom. The second-order valence-corrected chi connectivity index (χ2v) is 7.50. The monoisotopic (exact) mass is 248 g/mol. The smallest absolute Gasteiger partial charge is 0.310 e. The fraction of sp³-hybridized carbons (Fsp3) is 0.909. The van der Waals surface area contributed by atoms with Gasteiger partial charge in [0.2, 0.25) is 0 Å². The lowest BCUT2D eigenvalue weighted by atomic mass is 9.97. The summed E-state index contributed by atoms with van der Waals surface area (Å²) in [5.74, 6) is -0.910. The summed E-state index contributed by atoms with van der Waals surface area (Å²) >= 11 is 0. The van der Waals surface area contributed by atoms with Crippen molar-refractivity contribution in [2.45, 2.75) is 39.5 Å². The zero-order chi connectivity index (χ0) is 12.4. The highest BCUT2D eigenvalue weighted by Gasteiger charge is 2.34. The van der Waals surface area contributed by atoms with Crippen molar-refractivity contribution >= 4 is 15.8 Å². The Morgan fingerprint density at radius 2 is 1.81 bits per heavy atom. The van der Waals surface area contributed by atoms with Crippen molar-refractivity contribution in [3.05, 3.63) is 0 Å². The number of rotatable bonds is 5. The predicted octanol–water partition coefficient (Wildman–Crippen LogP) is 1.70. The summed E-state index contributed by atoms with van der Waals surface area (Å²) < 4.78 is 23.7. The number of sulfone groups is 1. The van der Waals surface area contributed by atoms with Gasteiger partial charge >= 0.3 is 5.97 Å². The minimum atomic E-state index is -3.25. The average Bonchev–Trinajstić information content (AvgIpc) is 2.52. The van der Waals surface area contributed by atoms with E-state index in [2.05, 4.69) is 0 Å². The number of hydrogen-bond donors (Lipinski definition) is 1. The molecule has 4 nitrogen and oxygen atoms in total. The lowest BCUT2D eigenvalue weighted by Gasteiger charge is -2.20. The van der Waals surface area contributed by atoms with Crippen LogP contribution < -0.4 is 0 Å². The van der Waals surface area contributed by atoms with Crippen molar-refractivity contribution in [2.24, 2.45) is 11.3 Å². The van der Waals surface area contributed by atoms with E-state index in [1.165, 1.54) is 13.8 Å². The van der Waals surface area contributed by atoms with E-state index in [0.717, 1.165) is 25.7 Å². The Balaban J connectivity index is 2.60. The number of aliphatic carboxylic acids is 1. The minimum Gasteiger partial charge on any atom is -0.481 e. The van der Waals surface area contributed by atoms with Crippen LogP contribution in [0.3, 0.4) is 0 Å². The molecule has 0 aromatic rings. The van der Waals surface area contributed by atoms with Gasteiger partial charge < -0.3 is 5.11 Å². The highest BCUT2D eigenvalue weighted by Crippen LogP contribution is 2.28. The third-order valence-electron chi connectivity index (χ3n) is 3.12. The second-order valence-electron chi connectivity index (χ2n) is 5.39. The van der Waals surface area contributed by atoms with Crippen molar-refractivity contribution in [2.75, 3.05) is 11.5 Å². The summed E-state index contributed by atoms with van der Waals surface area (Å²) in [7, 11) is -3.25.